The average molecular weight is 252 g/mol. The lowest BCUT2D eigenvalue weighted by Crippen LogP contribution is -2.58. The highest BCUT2D eigenvalue weighted by Gasteiger charge is 2.42. The van der Waals surface area contributed by atoms with Crippen LogP contribution in [0.5, 0.6) is 0 Å². The monoisotopic (exact) mass is 252 g/mol. The van der Waals surface area contributed by atoms with Gasteiger partial charge in [0.15, 0.2) is 5.78 Å². The number of amides is 1. The first-order valence-electron chi connectivity index (χ1n) is 6.96. The molecular weight excluding hydrogens is 228 g/mol. The molecule has 0 spiro atoms. The maximum absolute atomic E-state index is 12.6. The third-order valence-corrected chi connectivity index (χ3v) is 4.38. The van der Waals surface area contributed by atoms with Crippen LogP contribution in [-0.2, 0) is 9.59 Å². The lowest BCUT2D eigenvalue weighted by Gasteiger charge is -2.43. The van der Waals surface area contributed by atoms with Crippen molar-refractivity contribution < 1.29 is 9.59 Å². The molecule has 4 nitrogen and oxygen atoms in total. The van der Waals surface area contributed by atoms with Gasteiger partial charge >= 0.3 is 0 Å². The molecule has 2 rings (SSSR count). The van der Waals surface area contributed by atoms with Crippen molar-refractivity contribution >= 4 is 11.7 Å². The van der Waals surface area contributed by atoms with Gasteiger partial charge in [0.1, 0.15) is 0 Å². The zero-order valence-electron chi connectivity index (χ0n) is 11.7. The van der Waals surface area contributed by atoms with E-state index in [1.54, 1.807) is 0 Å². The van der Waals surface area contributed by atoms with Crippen molar-refractivity contribution in [3.05, 3.63) is 0 Å². The van der Waals surface area contributed by atoms with E-state index in [1.807, 2.05) is 18.7 Å². The van der Waals surface area contributed by atoms with Crippen molar-refractivity contribution in [2.75, 3.05) is 26.7 Å². The highest BCUT2D eigenvalue weighted by molar-refractivity contribution is 5.93. The van der Waals surface area contributed by atoms with E-state index in [2.05, 4.69) is 11.9 Å². The summed E-state index contributed by atoms with van der Waals surface area (Å²) < 4.78 is 0. The zero-order chi connectivity index (χ0) is 13.3. The Morgan fingerprint density at radius 3 is 2.67 bits per heavy atom. The largest absolute Gasteiger partial charge is 0.330 e. The Morgan fingerprint density at radius 1 is 1.28 bits per heavy atom. The smallest absolute Gasteiger partial charge is 0.227 e. The van der Waals surface area contributed by atoms with Gasteiger partial charge < -0.3 is 9.80 Å². The number of rotatable bonds is 1. The topological polar surface area (TPSA) is 40.6 Å². The predicted molar refractivity (Wildman–Crippen MR) is 70.3 cm³/mol. The molecule has 1 atom stereocenters. The molecule has 0 aromatic rings. The number of ketones is 1. The van der Waals surface area contributed by atoms with Gasteiger partial charge in [-0.1, -0.05) is 0 Å². The van der Waals surface area contributed by atoms with Crippen molar-refractivity contribution in [2.24, 2.45) is 5.92 Å². The normalized spacial score (nSPS) is 29.4. The average Bonchev–Trinajstić information content (AvgIpc) is 2.32. The summed E-state index contributed by atoms with van der Waals surface area (Å²) in [4.78, 5) is 28.6. The van der Waals surface area contributed by atoms with Crippen LogP contribution in [0.25, 0.3) is 0 Å². The Hall–Kier alpha value is -0.900. The van der Waals surface area contributed by atoms with Crippen LogP contribution < -0.4 is 0 Å². The molecule has 18 heavy (non-hydrogen) atoms. The Balaban J connectivity index is 2.10. The Morgan fingerprint density at radius 2 is 2.00 bits per heavy atom. The summed E-state index contributed by atoms with van der Waals surface area (Å²) >= 11 is 0. The van der Waals surface area contributed by atoms with Crippen LogP contribution >= 0.6 is 0 Å². The van der Waals surface area contributed by atoms with Gasteiger partial charge in [-0.15, -0.1) is 0 Å². The number of likely N-dealkylation sites (tertiary alicyclic amines) is 2. The SMILES string of the molecule is CN1CCCC(C(=O)N2CCCC(=O)C2(C)C)C1. The molecule has 2 fully saturated rings. The van der Waals surface area contributed by atoms with Crippen molar-refractivity contribution in [2.45, 2.75) is 45.1 Å². The maximum atomic E-state index is 12.6. The van der Waals surface area contributed by atoms with E-state index >= 15 is 0 Å². The Bertz CT molecular complexity index is 352. The summed E-state index contributed by atoms with van der Waals surface area (Å²) in [6, 6.07) is 0. The summed E-state index contributed by atoms with van der Waals surface area (Å²) in [5, 5.41) is 0. The molecule has 102 valence electrons. The van der Waals surface area contributed by atoms with Gasteiger partial charge in [0.25, 0.3) is 0 Å². The summed E-state index contributed by atoms with van der Waals surface area (Å²) in [5.41, 5.74) is -0.606. The van der Waals surface area contributed by atoms with E-state index in [4.69, 9.17) is 0 Å². The number of carbonyl (C=O) groups excluding carboxylic acids is 2. The molecule has 0 radical (unpaired) electrons. The lowest BCUT2D eigenvalue weighted by atomic mass is 9.86. The molecule has 1 amide bonds. The fourth-order valence-electron chi connectivity index (χ4n) is 3.11. The van der Waals surface area contributed by atoms with Crippen LogP contribution in [0.3, 0.4) is 0 Å². The van der Waals surface area contributed by atoms with E-state index in [9.17, 15) is 9.59 Å². The van der Waals surface area contributed by atoms with E-state index in [0.29, 0.717) is 6.42 Å². The fraction of sp³-hybridized carbons (Fsp3) is 0.857. The maximum Gasteiger partial charge on any atom is 0.227 e. The molecule has 0 bridgehead atoms. The molecule has 4 heteroatoms. The number of hydrogen-bond acceptors (Lipinski definition) is 3. The summed E-state index contributed by atoms with van der Waals surface area (Å²) in [6.45, 7) is 6.42. The number of piperidine rings is 2. The van der Waals surface area contributed by atoms with Crippen molar-refractivity contribution in [3.63, 3.8) is 0 Å². The van der Waals surface area contributed by atoms with Crippen LogP contribution in [0.1, 0.15) is 39.5 Å². The molecule has 0 saturated carbocycles. The Labute approximate surface area is 109 Å². The lowest BCUT2D eigenvalue weighted by molar-refractivity contribution is -0.152. The van der Waals surface area contributed by atoms with E-state index in [-0.39, 0.29) is 17.6 Å². The third kappa shape index (κ3) is 2.44. The second kappa shape index (κ2) is 5.00. The molecule has 1 unspecified atom stereocenters. The molecule has 2 heterocycles. The molecule has 0 N–H and O–H groups in total. The highest BCUT2D eigenvalue weighted by Crippen LogP contribution is 2.28. The van der Waals surface area contributed by atoms with Crippen LogP contribution in [-0.4, -0.2) is 53.7 Å². The van der Waals surface area contributed by atoms with Gasteiger partial charge in [-0.05, 0) is 46.7 Å². The second-order valence-electron chi connectivity index (χ2n) is 6.18. The van der Waals surface area contributed by atoms with E-state index in [1.165, 1.54) is 0 Å². The number of Topliss-reactive ketones (excluding diaryl/α,β-unsaturated/α-hetero) is 1. The van der Waals surface area contributed by atoms with Crippen LogP contribution in [0, 0.1) is 5.92 Å². The summed E-state index contributed by atoms with van der Waals surface area (Å²) in [7, 11) is 2.06. The number of carbonyl (C=O) groups is 2. The predicted octanol–water partition coefficient (Wildman–Crippen LogP) is 1.30. The van der Waals surface area contributed by atoms with Gasteiger partial charge in [0.2, 0.25) is 5.91 Å². The summed E-state index contributed by atoms with van der Waals surface area (Å²) in [6.07, 6.45) is 3.47. The van der Waals surface area contributed by atoms with Crippen molar-refractivity contribution in [3.8, 4) is 0 Å². The first kappa shape index (κ1) is 13.5. The molecular formula is C14H24N2O2. The van der Waals surface area contributed by atoms with Crippen LogP contribution in [0.4, 0.5) is 0 Å². The van der Waals surface area contributed by atoms with Crippen molar-refractivity contribution in [1.82, 2.24) is 9.80 Å². The Kier molecular flexibility index (Phi) is 3.76. The number of nitrogens with zero attached hydrogens (tertiary/aromatic N) is 2. The molecule has 0 aromatic heterocycles. The van der Waals surface area contributed by atoms with Gasteiger partial charge in [-0.3, -0.25) is 9.59 Å². The quantitative estimate of drug-likeness (QED) is 0.706. The van der Waals surface area contributed by atoms with E-state index in [0.717, 1.165) is 38.9 Å². The molecule has 0 aliphatic carbocycles. The standard InChI is InChI=1S/C14H24N2O2/c1-14(2)12(17)7-5-9-16(14)13(18)11-6-4-8-15(3)10-11/h11H,4-10H2,1-3H3. The third-order valence-electron chi connectivity index (χ3n) is 4.38. The first-order valence-corrected chi connectivity index (χ1v) is 6.96. The van der Waals surface area contributed by atoms with Crippen LogP contribution in [0.2, 0.25) is 0 Å². The van der Waals surface area contributed by atoms with Gasteiger partial charge in [0, 0.05) is 19.5 Å². The second-order valence-corrected chi connectivity index (χ2v) is 6.18. The number of hydrogen-bond donors (Lipinski definition) is 0. The zero-order valence-corrected chi connectivity index (χ0v) is 11.7. The molecule has 2 saturated heterocycles. The molecule has 0 aromatic carbocycles. The minimum Gasteiger partial charge on any atom is -0.330 e. The first-order chi connectivity index (χ1) is 8.43. The van der Waals surface area contributed by atoms with E-state index < -0.39 is 5.54 Å². The van der Waals surface area contributed by atoms with Crippen LogP contribution in [0.15, 0.2) is 0 Å². The summed E-state index contributed by atoms with van der Waals surface area (Å²) in [5.74, 6) is 0.458. The van der Waals surface area contributed by atoms with Gasteiger partial charge in [-0.2, -0.15) is 0 Å². The molecule has 2 aliphatic heterocycles. The fourth-order valence-corrected chi connectivity index (χ4v) is 3.11. The van der Waals surface area contributed by atoms with Gasteiger partial charge in [0.05, 0.1) is 11.5 Å². The highest BCUT2D eigenvalue weighted by atomic mass is 16.2. The minimum absolute atomic E-state index is 0.0777. The van der Waals surface area contributed by atoms with Gasteiger partial charge in [-0.25, -0.2) is 0 Å². The van der Waals surface area contributed by atoms with Crippen molar-refractivity contribution in [1.29, 1.82) is 0 Å². The molecule has 2 aliphatic rings. The minimum atomic E-state index is -0.606.